The summed E-state index contributed by atoms with van der Waals surface area (Å²) in [7, 11) is 1.65. The van der Waals surface area contributed by atoms with E-state index in [0.29, 0.717) is 29.0 Å². The Labute approximate surface area is 386 Å². The van der Waals surface area contributed by atoms with Crippen LogP contribution in [-0.2, 0) is 0 Å². The Hall–Kier alpha value is -7.68. The third-order valence-corrected chi connectivity index (χ3v) is 11.4. The highest BCUT2D eigenvalue weighted by molar-refractivity contribution is 6.54. The van der Waals surface area contributed by atoms with Gasteiger partial charge in [-0.1, -0.05) is 81.4 Å². The molecule has 0 spiro atoms. The number of aliphatic imine (C=N–C) groups is 2. The molecule has 0 radical (unpaired) electrons. The molecule has 0 amide bonds. The highest BCUT2D eigenvalue weighted by Crippen LogP contribution is 2.32. The molecule has 2 aliphatic rings. The maximum Gasteiger partial charge on any atom is 0.206 e. The first-order chi connectivity index (χ1) is 32.0. The van der Waals surface area contributed by atoms with E-state index < -0.39 is 0 Å². The van der Waals surface area contributed by atoms with Crippen LogP contribution in [0.25, 0.3) is 22.8 Å². The average molecular weight is 881 g/mol. The van der Waals surface area contributed by atoms with E-state index in [-0.39, 0.29) is 5.41 Å². The monoisotopic (exact) mass is 880 g/mol. The van der Waals surface area contributed by atoms with Crippen LogP contribution < -0.4 is 14.5 Å². The number of pyridine rings is 2. The summed E-state index contributed by atoms with van der Waals surface area (Å²) in [6, 6.07) is 35.8. The predicted molar refractivity (Wildman–Crippen MR) is 266 cm³/mol. The first-order valence-corrected chi connectivity index (χ1v) is 22.4. The van der Waals surface area contributed by atoms with Gasteiger partial charge in [0.1, 0.15) is 34.5 Å². The van der Waals surface area contributed by atoms with Crippen molar-refractivity contribution in [1.29, 1.82) is 0 Å². The average Bonchev–Trinajstić information content (AvgIpc) is 4.12. The largest absolute Gasteiger partial charge is 0.497 e. The zero-order chi connectivity index (χ0) is 46.5. The van der Waals surface area contributed by atoms with Gasteiger partial charge in [0, 0.05) is 48.3 Å². The standard InChI is InChI=1S/C26H25N7.C25H31N7O/c1-4-32(5-2)22-17-16-21(18(3)27-22)28-24-23(19-12-8-6-9-13-19)31-33-25(29-30-26(24)33)20-14-10-7-11-15-20;1-8-31(9-2)20-15-14-19(16(3)26-20)27-21-22(25(4,5)6)30-32-23(28-29-24(21)32)17-10-12-18(33-7)13-11-17/h6-17H,4-5H2,1-3H3;10-15H,8-9H2,1-7H3. The quantitative estimate of drug-likeness (QED) is 0.117. The van der Waals surface area contributed by atoms with Crippen molar-refractivity contribution in [2.75, 3.05) is 43.1 Å². The van der Waals surface area contributed by atoms with Crippen LogP contribution in [0.5, 0.6) is 5.75 Å². The second kappa shape index (κ2) is 19.2. The summed E-state index contributed by atoms with van der Waals surface area (Å²) in [6.07, 6.45) is 0. The summed E-state index contributed by atoms with van der Waals surface area (Å²) in [6.45, 7) is 22.5. The minimum Gasteiger partial charge on any atom is -0.497 e. The molecule has 0 N–H and O–H groups in total. The van der Waals surface area contributed by atoms with E-state index in [1.54, 1.807) is 16.5 Å². The van der Waals surface area contributed by atoms with Crippen LogP contribution in [0.1, 0.15) is 77.1 Å². The lowest BCUT2D eigenvalue weighted by atomic mass is 9.87. The lowest BCUT2D eigenvalue weighted by Gasteiger charge is -2.20. The molecule has 15 nitrogen and oxygen atoms in total. The molecular formula is C51H56N14O. The Morgan fingerprint density at radius 2 is 0.955 bits per heavy atom. The highest BCUT2D eigenvalue weighted by atomic mass is 16.5. The Kier molecular flexibility index (Phi) is 13.1. The second-order valence-electron chi connectivity index (χ2n) is 16.7. The van der Waals surface area contributed by atoms with Gasteiger partial charge in [-0.15, -0.1) is 20.4 Å². The van der Waals surface area contributed by atoms with E-state index in [4.69, 9.17) is 34.9 Å². The van der Waals surface area contributed by atoms with Gasteiger partial charge in [-0.3, -0.25) is 0 Å². The smallest absolute Gasteiger partial charge is 0.206 e. The fourth-order valence-electron chi connectivity index (χ4n) is 7.75. The molecule has 3 aromatic carbocycles. The number of rotatable bonds is 12. The molecule has 15 heteroatoms. The Morgan fingerprint density at radius 3 is 1.42 bits per heavy atom. The van der Waals surface area contributed by atoms with E-state index in [0.717, 1.165) is 100 Å². The molecule has 0 unspecified atom stereocenters. The Bertz CT molecular complexity index is 2950. The minimum absolute atomic E-state index is 0.223. The van der Waals surface area contributed by atoms with Crippen LogP contribution in [0.15, 0.2) is 129 Å². The van der Waals surface area contributed by atoms with Crippen LogP contribution in [0.2, 0.25) is 0 Å². The number of nitrogens with zero attached hydrogens (tertiary/aromatic N) is 14. The molecule has 336 valence electrons. The summed E-state index contributed by atoms with van der Waals surface area (Å²) in [5, 5.41) is 27.5. The van der Waals surface area contributed by atoms with Crippen molar-refractivity contribution in [3.05, 3.63) is 138 Å². The van der Waals surface area contributed by atoms with Gasteiger partial charge in [0.2, 0.25) is 11.6 Å². The molecule has 2 aliphatic heterocycles. The molecule has 0 saturated heterocycles. The number of ether oxygens (including phenoxy) is 1. The van der Waals surface area contributed by atoms with Crippen molar-refractivity contribution >= 4 is 45.9 Å². The molecule has 0 fully saturated rings. The zero-order valence-corrected chi connectivity index (χ0v) is 39.4. The van der Waals surface area contributed by atoms with Crippen LogP contribution in [0.3, 0.4) is 0 Å². The maximum absolute atomic E-state index is 5.27. The number of fused-ring (bicyclic) bond motifs is 2. The number of aryl methyl sites for hydroxylation is 2. The molecule has 6 heterocycles. The van der Waals surface area contributed by atoms with Gasteiger partial charge < -0.3 is 14.5 Å². The SMILES string of the molecule is CCN(CC)c1ccc(N=C2C(C(C)(C)C)=Nn3c2nnc3-c2ccc(OC)cc2)c(C)n1.CCN(CC)c1ccc(N=C2C(c3ccccc3)=Nn3c2nnc3-c2ccccc2)c(C)n1. The zero-order valence-electron chi connectivity index (χ0n) is 39.4. The van der Waals surface area contributed by atoms with E-state index in [1.165, 1.54) is 0 Å². The molecular weight excluding hydrogens is 825 g/mol. The molecule has 0 aliphatic carbocycles. The first kappa shape index (κ1) is 44.9. The molecule has 7 aromatic rings. The van der Waals surface area contributed by atoms with Crippen LogP contribution >= 0.6 is 0 Å². The van der Waals surface area contributed by atoms with E-state index in [9.17, 15) is 0 Å². The van der Waals surface area contributed by atoms with Crippen LogP contribution in [-0.4, -0.2) is 95.9 Å². The van der Waals surface area contributed by atoms with Gasteiger partial charge in [-0.2, -0.15) is 19.6 Å². The van der Waals surface area contributed by atoms with Crippen molar-refractivity contribution < 1.29 is 4.74 Å². The van der Waals surface area contributed by atoms with E-state index >= 15 is 0 Å². The van der Waals surface area contributed by atoms with Gasteiger partial charge in [0.15, 0.2) is 11.6 Å². The number of hydrogen-bond acceptors (Lipinski definition) is 13. The highest BCUT2D eigenvalue weighted by Gasteiger charge is 2.36. The van der Waals surface area contributed by atoms with Crippen molar-refractivity contribution in [2.45, 2.75) is 62.3 Å². The molecule has 9 rings (SSSR count). The number of methoxy groups -OCH3 is 1. The summed E-state index contributed by atoms with van der Waals surface area (Å²) < 4.78 is 8.84. The van der Waals surface area contributed by atoms with Crippen LogP contribution in [0.4, 0.5) is 23.0 Å². The van der Waals surface area contributed by atoms with Crippen molar-refractivity contribution in [2.24, 2.45) is 25.6 Å². The predicted octanol–water partition coefficient (Wildman–Crippen LogP) is 9.77. The number of aromatic nitrogens is 8. The van der Waals surface area contributed by atoms with Crippen molar-refractivity contribution in [1.82, 2.24) is 39.7 Å². The van der Waals surface area contributed by atoms with Gasteiger partial charge in [0.25, 0.3) is 0 Å². The van der Waals surface area contributed by atoms with Crippen molar-refractivity contribution in [3.63, 3.8) is 0 Å². The molecule has 0 saturated carbocycles. The lowest BCUT2D eigenvalue weighted by Crippen LogP contribution is -2.27. The fraction of sp³-hybridized carbons (Fsp3) is 0.294. The summed E-state index contributed by atoms with van der Waals surface area (Å²) >= 11 is 0. The van der Waals surface area contributed by atoms with Crippen LogP contribution in [0, 0.1) is 19.3 Å². The number of hydrogen-bond donors (Lipinski definition) is 0. The molecule has 66 heavy (non-hydrogen) atoms. The first-order valence-electron chi connectivity index (χ1n) is 22.4. The maximum atomic E-state index is 5.27. The summed E-state index contributed by atoms with van der Waals surface area (Å²) in [5.74, 6) is 5.33. The summed E-state index contributed by atoms with van der Waals surface area (Å²) in [5.41, 5.74) is 9.01. The van der Waals surface area contributed by atoms with Gasteiger partial charge in [0.05, 0.1) is 35.6 Å². The van der Waals surface area contributed by atoms with E-state index in [1.807, 2.05) is 123 Å². The normalized spacial score (nSPS) is 14.1. The Balaban J connectivity index is 0.000000179. The molecule has 0 atom stereocenters. The van der Waals surface area contributed by atoms with Gasteiger partial charge in [-0.25, -0.2) is 20.0 Å². The minimum atomic E-state index is -0.223. The Morgan fingerprint density at radius 1 is 0.515 bits per heavy atom. The fourth-order valence-corrected chi connectivity index (χ4v) is 7.75. The van der Waals surface area contributed by atoms with Crippen molar-refractivity contribution in [3.8, 4) is 28.5 Å². The number of anilines is 2. The van der Waals surface area contributed by atoms with Gasteiger partial charge >= 0.3 is 0 Å². The number of benzene rings is 3. The summed E-state index contributed by atoms with van der Waals surface area (Å²) in [4.78, 5) is 24.0. The third-order valence-electron chi connectivity index (χ3n) is 11.4. The van der Waals surface area contributed by atoms with E-state index in [2.05, 4.69) is 78.7 Å². The lowest BCUT2D eigenvalue weighted by molar-refractivity contribution is 0.415. The molecule has 0 bridgehead atoms. The molecule has 4 aromatic heterocycles. The second-order valence-corrected chi connectivity index (χ2v) is 16.7. The third kappa shape index (κ3) is 9.01. The topological polar surface area (TPSA) is 152 Å². The van der Waals surface area contributed by atoms with Gasteiger partial charge in [-0.05, 0) is 90.1 Å².